The minimum absolute atomic E-state index is 0.112. The lowest BCUT2D eigenvalue weighted by atomic mass is 9.94. The van der Waals surface area contributed by atoms with E-state index in [1.54, 1.807) is 7.11 Å². The standard InChI is InChI=1S/C19H22Cl2N2O2/c1-3-5-14(13-6-4-7-15(8-13)25-2)10-23-19(24)9-16-17(20)11-22-12-18(16)21/h4,6-8,11-12,14H,3,5,9-10H2,1-2H3,(H,23,24). The molecule has 0 saturated carbocycles. The molecule has 2 rings (SSSR count). The first-order valence-electron chi connectivity index (χ1n) is 8.23. The Morgan fingerprint density at radius 1 is 1.28 bits per heavy atom. The second-order valence-corrected chi connectivity index (χ2v) is 6.64. The van der Waals surface area contributed by atoms with Crippen molar-refractivity contribution in [3.8, 4) is 5.75 Å². The number of nitrogens with zero attached hydrogens (tertiary/aromatic N) is 1. The Morgan fingerprint density at radius 2 is 2.00 bits per heavy atom. The molecule has 1 amide bonds. The van der Waals surface area contributed by atoms with Crippen molar-refractivity contribution < 1.29 is 9.53 Å². The van der Waals surface area contributed by atoms with Crippen LogP contribution in [0.5, 0.6) is 5.75 Å². The number of pyridine rings is 1. The molecule has 0 bridgehead atoms. The molecule has 134 valence electrons. The van der Waals surface area contributed by atoms with Gasteiger partial charge in [0.05, 0.1) is 23.6 Å². The van der Waals surface area contributed by atoms with Crippen LogP contribution in [0.1, 0.15) is 36.8 Å². The molecule has 0 fully saturated rings. The van der Waals surface area contributed by atoms with Gasteiger partial charge < -0.3 is 10.1 Å². The van der Waals surface area contributed by atoms with Gasteiger partial charge >= 0.3 is 0 Å². The third kappa shape index (κ3) is 5.62. The van der Waals surface area contributed by atoms with E-state index in [2.05, 4.69) is 23.3 Å². The first kappa shape index (κ1) is 19.5. The van der Waals surface area contributed by atoms with E-state index >= 15 is 0 Å². The van der Waals surface area contributed by atoms with Gasteiger partial charge in [-0.05, 0) is 24.1 Å². The third-order valence-electron chi connectivity index (χ3n) is 4.04. The van der Waals surface area contributed by atoms with Crippen molar-refractivity contribution >= 4 is 29.1 Å². The van der Waals surface area contributed by atoms with Gasteiger partial charge in [-0.1, -0.05) is 48.7 Å². The number of nitrogens with one attached hydrogen (secondary N) is 1. The van der Waals surface area contributed by atoms with Crippen molar-refractivity contribution in [2.45, 2.75) is 32.1 Å². The Balaban J connectivity index is 2.01. The summed E-state index contributed by atoms with van der Waals surface area (Å²) in [4.78, 5) is 16.2. The molecule has 0 aliphatic heterocycles. The first-order valence-corrected chi connectivity index (χ1v) is 8.99. The summed E-state index contributed by atoms with van der Waals surface area (Å²) in [6.45, 7) is 2.69. The van der Waals surface area contributed by atoms with Gasteiger partial charge in [0.1, 0.15) is 5.75 Å². The summed E-state index contributed by atoms with van der Waals surface area (Å²) in [6.07, 6.45) is 5.12. The molecule has 0 radical (unpaired) electrons. The normalized spacial score (nSPS) is 11.8. The zero-order valence-corrected chi connectivity index (χ0v) is 15.9. The Bertz CT molecular complexity index is 702. The second-order valence-electron chi connectivity index (χ2n) is 5.82. The molecule has 0 saturated heterocycles. The van der Waals surface area contributed by atoms with Crippen molar-refractivity contribution in [3.63, 3.8) is 0 Å². The molecular weight excluding hydrogens is 359 g/mol. The second kappa shape index (κ2) is 9.64. The molecular formula is C19H22Cl2N2O2. The van der Waals surface area contributed by atoms with Crippen LogP contribution < -0.4 is 10.1 Å². The van der Waals surface area contributed by atoms with E-state index in [4.69, 9.17) is 27.9 Å². The molecule has 1 heterocycles. The maximum Gasteiger partial charge on any atom is 0.224 e. The van der Waals surface area contributed by atoms with Gasteiger partial charge in [-0.15, -0.1) is 0 Å². The molecule has 1 unspecified atom stereocenters. The molecule has 4 nitrogen and oxygen atoms in total. The van der Waals surface area contributed by atoms with Gasteiger partial charge in [-0.25, -0.2) is 0 Å². The van der Waals surface area contributed by atoms with Crippen molar-refractivity contribution in [1.29, 1.82) is 0 Å². The van der Waals surface area contributed by atoms with Crippen LogP contribution in [0.2, 0.25) is 10.0 Å². The number of halogens is 2. The van der Waals surface area contributed by atoms with Crippen LogP contribution in [0.4, 0.5) is 0 Å². The monoisotopic (exact) mass is 380 g/mol. The number of ether oxygens (including phenoxy) is 1. The van der Waals surface area contributed by atoms with Crippen LogP contribution in [-0.4, -0.2) is 24.5 Å². The van der Waals surface area contributed by atoms with Crippen molar-refractivity contribution in [2.75, 3.05) is 13.7 Å². The first-order chi connectivity index (χ1) is 12.0. The summed E-state index contributed by atoms with van der Waals surface area (Å²) in [5, 5.41) is 3.80. The van der Waals surface area contributed by atoms with Crippen LogP contribution in [0.3, 0.4) is 0 Å². The summed E-state index contributed by atoms with van der Waals surface area (Å²) in [7, 11) is 1.65. The van der Waals surface area contributed by atoms with Crippen molar-refractivity contribution in [2.24, 2.45) is 0 Å². The number of rotatable bonds is 8. The van der Waals surface area contributed by atoms with E-state index in [0.717, 1.165) is 24.2 Å². The summed E-state index contributed by atoms with van der Waals surface area (Å²) in [5.74, 6) is 0.937. The average molecular weight is 381 g/mol. The number of hydrogen-bond donors (Lipinski definition) is 1. The molecule has 1 aromatic heterocycles. The Labute approximate surface area is 158 Å². The quantitative estimate of drug-likeness (QED) is 0.725. The van der Waals surface area contributed by atoms with E-state index in [1.807, 2.05) is 18.2 Å². The maximum absolute atomic E-state index is 12.3. The van der Waals surface area contributed by atoms with Gasteiger partial charge in [-0.2, -0.15) is 0 Å². The number of carbonyl (C=O) groups excluding carboxylic acids is 1. The molecule has 1 atom stereocenters. The van der Waals surface area contributed by atoms with Gasteiger partial charge in [0.15, 0.2) is 0 Å². The minimum Gasteiger partial charge on any atom is -0.497 e. The number of carbonyl (C=O) groups is 1. The molecule has 1 aromatic carbocycles. The lowest BCUT2D eigenvalue weighted by Gasteiger charge is -2.18. The lowest BCUT2D eigenvalue weighted by molar-refractivity contribution is -0.120. The minimum atomic E-state index is -0.112. The third-order valence-corrected chi connectivity index (χ3v) is 4.69. The van der Waals surface area contributed by atoms with Gasteiger partial charge in [-0.3, -0.25) is 9.78 Å². The molecule has 0 spiro atoms. The molecule has 0 aliphatic carbocycles. The largest absolute Gasteiger partial charge is 0.497 e. The van der Waals surface area contributed by atoms with Crippen LogP contribution in [0, 0.1) is 0 Å². The SMILES string of the molecule is CCCC(CNC(=O)Cc1c(Cl)cncc1Cl)c1cccc(OC)c1. The molecule has 2 aromatic rings. The fourth-order valence-corrected chi connectivity index (χ4v) is 3.20. The highest BCUT2D eigenvalue weighted by Gasteiger charge is 2.15. The Hall–Kier alpha value is -1.78. The fraction of sp³-hybridized carbons (Fsp3) is 0.368. The van der Waals surface area contributed by atoms with Crippen LogP contribution in [0.15, 0.2) is 36.7 Å². The van der Waals surface area contributed by atoms with E-state index in [1.165, 1.54) is 12.4 Å². The smallest absolute Gasteiger partial charge is 0.224 e. The maximum atomic E-state index is 12.3. The average Bonchev–Trinajstić information content (AvgIpc) is 2.62. The molecule has 25 heavy (non-hydrogen) atoms. The van der Waals surface area contributed by atoms with Crippen LogP contribution in [0.25, 0.3) is 0 Å². The van der Waals surface area contributed by atoms with Gasteiger partial charge in [0, 0.05) is 30.4 Å². The van der Waals surface area contributed by atoms with E-state index < -0.39 is 0 Å². The van der Waals surface area contributed by atoms with E-state index in [9.17, 15) is 4.79 Å². The Kier molecular flexibility index (Phi) is 7.53. The van der Waals surface area contributed by atoms with Gasteiger partial charge in [0.25, 0.3) is 0 Å². The van der Waals surface area contributed by atoms with Crippen molar-refractivity contribution in [1.82, 2.24) is 10.3 Å². The zero-order chi connectivity index (χ0) is 18.2. The topological polar surface area (TPSA) is 51.2 Å². The number of benzene rings is 1. The summed E-state index contributed by atoms with van der Waals surface area (Å²) in [5.41, 5.74) is 1.76. The van der Waals surface area contributed by atoms with Crippen molar-refractivity contribution in [3.05, 3.63) is 57.8 Å². The highest BCUT2D eigenvalue weighted by atomic mass is 35.5. The number of hydrogen-bond acceptors (Lipinski definition) is 3. The highest BCUT2D eigenvalue weighted by molar-refractivity contribution is 6.36. The summed E-state index contributed by atoms with van der Waals surface area (Å²) >= 11 is 12.1. The number of methoxy groups -OCH3 is 1. The predicted molar refractivity (Wildman–Crippen MR) is 102 cm³/mol. The van der Waals surface area contributed by atoms with Gasteiger partial charge in [0.2, 0.25) is 5.91 Å². The predicted octanol–water partition coefficient (Wildman–Crippen LogP) is 4.64. The molecule has 1 N–H and O–H groups in total. The summed E-state index contributed by atoms with van der Waals surface area (Å²) < 4.78 is 5.29. The summed E-state index contributed by atoms with van der Waals surface area (Å²) in [6, 6.07) is 7.96. The number of amides is 1. The number of aromatic nitrogens is 1. The molecule has 0 aliphatic rings. The molecule has 6 heteroatoms. The highest BCUT2D eigenvalue weighted by Crippen LogP contribution is 2.25. The van der Waals surface area contributed by atoms with Crippen LogP contribution >= 0.6 is 23.2 Å². The van der Waals surface area contributed by atoms with Crippen LogP contribution in [-0.2, 0) is 11.2 Å². The van der Waals surface area contributed by atoms with E-state index in [-0.39, 0.29) is 18.2 Å². The fourth-order valence-electron chi connectivity index (χ4n) is 2.70. The van der Waals surface area contributed by atoms with E-state index in [0.29, 0.717) is 22.2 Å². The lowest BCUT2D eigenvalue weighted by Crippen LogP contribution is -2.30. The Morgan fingerprint density at radius 3 is 2.64 bits per heavy atom. The zero-order valence-electron chi connectivity index (χ0n) is 14.4.